The van der Waals surface area contributed by atoms with Gasteiger partial charge in [-0.15, -0.1) is 11.8 Å². The smallest absolute Gasteiger partial charge is 0.242 e. The van der Waals surface area contributed by atoms with E-state index in [2.05, 4.69) is 10.3 Å². The summed E-state index contributed by atoms with van der Waals surface area (Å²) in [5.41, 5.74) is 1.42. The number of carbonyl (C=O) groups is 2. The summed E-state index contributed by atoms with van der Waals surface area (Å²) in [5.74, 6) is -0.466. The van der Waals surface area contributed by atoms with E-state index in [9.17, 15) is 14.0 Å². The van der Waals surface area contributed by atoms with Gasteiger partial charge in [-0.25, -0.2) is 4.39 Å². The van der Waals surface area contributed by atoms with Crippen LogP contribution < -0.4 is 5.32 Å². The van der Waals surface area contributed by atoms with Crippen molar-refractivity contribution in [3.8, 4) is 0 Å². The first kappa shape index (κ1) is 17.4. The molecule has 2 aromatic rings. The molecule has 1 N–H and O–H groups in total. The van der Waals surface area contributed by atoms with E-state index in [4.69, 9.17) is 0 Å². The van der Waals surface area contributed by atoms with Crippen LogP contribution in [0.25, 0.3) is 0 Å². The molecule has 1 aliphatic heterocycles. The number of halogens is 1. The van der Waals surface area contributed by atoms with E-state index in [1.807, 2.05) is 12.1 Å². The lowest BCUT2D eigenvalue weighted by molar-refractivity contribution is -0.137. The van der Waals surface area contributed by atoms with Crippen LogP contribution in [0.1, 0.15) is 23.6 Å². The van der Waals surface area contributed by atoms with Crippen LogP contribution in [0, 0.1) is 5.82 Å². The normalized spacial score (nSPS) is 18.2. The van der Waals surface area contributed by atoms with Crippen LogP contribution in [-0.4, -0.2) is 33.5 Å². The third-order valence-corrected chi connectivity index (χ3v) is 5.23. The van der Waals surface area contributed by atoms with Crippen molar-refractivity contribution >= 4 is 23.6 Å². The van der Waals surface area contributed by atoms with E-state index < -0.39 is 6.04 Å². The van der Waals surface area contributed by atoms with Crippen LogP contribution in [0.4, 0.5) is 4.39 Å². The second kappa shape index (κ2) is 7.65. The predicted molar refractivity (Wildman–Crippen MR) is 94.0 cm³/mol. The van der Waals surface area contributed by atoms with Crippen molar-refractivity contribution in [3.05, 3.63) is 65.7 Å². The fraction of sp³-hybridized carbons (Fsp3) is 0.278. The quantitative estimate of drug-likeness (QED) is 0.891. The Bertz CT molecular complexity index is 772. The largest absolute Gasteiger partial charge is 0.349 e. The summed E-state index contributed by atoms with van der Waals surface area (Å²) >= 11 is 1.40. The van der Waals surface area contributed by atoms with Crippen molar-refractivity contribution in [3.63, 3.8) is 0 Å². The van der Waals surface area contributed by atoms with Crippen molar-refractivity contribution in [2.75, 3.05) is 5.75 Å². The van der Waals surface area contributed by atoms with E-state index in [1.165, 1.54) is 28.8 Å². The first-order chi connectivity index (χ1) is 12.1. The van der Waals surface area contributed by atoms with Crippen molar-refractivity contribution in [1.82, 2.24) is 15.2 Å². The molecule has 2 heterocycles. The highest BCUT2D eigenvalue weighted by molar-refractivity contribution is 8.00. The Morgan fingerprint density at radius 2 is 2.24 bits per heavy atom. The van der Waals surface area contributed by atoms with Gasteiger partial charge in [0.15, 0.2) is 0 Å². The predicted octanol–water partition coefficient (Wildman–Crippen LogP) is 2.50. The van der Waals surface area contributed by atoms with Gasteiger partial charge in [0.25, 0.3) is 0 Å². The van der Waals surface area contributed by atoms with E-state index in [-0.39, 0.29) is 28.8 Å². The molecule has 3 rings (SSSR count). The average molecular weight is 359 g/mol. The third-order valence-electron chi connectivity index (χ3n) is 4.01. The maximum Gasteiger partial charge on any atom is 0.242 e. The Labute approximate surface area is 149 Å². The fourth-order valence-corrected chi connectivity index (χ4v) is 3.98. The average Bonchev–Trinajstić information content (AvgIpc) is 3.01. The number of thioether (sulfide) groups is 1. The van der Waals surface area contributed by atoms with Crippen LogP contribution in [0.2, 0.25) is 0 Å². The minimum atomic E-state index is -0.653. The Kier molecular flexibility index (Phi) is 5.33. The molecule has 25 heavy (non-hydrogen) atoms. The Balaban J connectivity index is 1.71. The van der Waals surface area contributed by atoms with Gasteiger partial charge in [-0.05, 0) is 36.8 Å². The number of amides is 2. The minimum Gasteiger partial charge on any atom is -0.349 e. The van der Waals surface area contributed by atoms with Crippen LogP contribution in [0.5, 0.6) is 0 Å². The lowest BCUT2D eigenvalue weighted by atomic mass is 10.1. The van der Waals surface area contributed by atoms with Crippen LogP contribution in [-0.2, 0) is 16.1 Å². The molecule has 1 saturated heterocycles. The summed E-state index contributed by atoms with van der Waals surface area (Å²) in [5, 5.41) is 2.44. The zero-order valence-corrected chi connectivity index (χ0v) is 14.5. The Morgan fingerprint density at radius 1 is 1.40 bits per heavy atom. The lowest BCUT2D eigenvalue weighted by Crippen LogP contribution is -2.46. The van der Waals surface area contributed by atoms with Crippen molar-refractivity contribution in [2.45, 2.75) is 24.9 Å². The van der Waals surface area contributed by atoms with Crippen LogP contribution in [0.15, 0.2) is 48.7 Å². The summed E-state index contributed by atoms with van der Waals surface area (Å²) in [7, 11) is 0. The summed E-state index contributed by atoms with van der Waals surface area (Å²) < 4.78 is 13.5. The number of carbonyl (C=O) groups excluding carboxylic acids is 2. The number of benzene rings is 1. The number of nitrogens with one attached hydrogen (secondary N) is 1. The standard InChI is InChI=1S/C18H18FN3O2S/c1-12(17(24)21-10-15-7-2-3-8-20-15)22-16(23)11-25-18(22)13-5-4-6-14(19)9-13/h2-9,12,18H,10-11H2,1H3,(H,21,24). The summed E-state index contributed by atoms with van der Waals surface area (Å²) in [4.78, 5) is 30.4. The highest BCUT2D eigenvalue weighted by Crippen LogP contribution is 2.40. The Hall–Kier alpha value is -2.41. The molecule has 0 bridgehead atoms. The first-order valence-corrected chi connectivity index (χ1v) is 8.97. The summed E-state index contributed by atoms with van der Waals surface area (Å²) in [6, 6.07) is 11.0. The van der Waals surface area contributed by atoms with Gasteiger partial charge in [-0.3, -0.25) is 14.6 Å². The molecule has 1 aliphatic rings. The number of hydrogen-bond donors (Lipinski definition) is 1. The highest BCUT2D eigenvalue weighted by atomic mass is 32.2. The maximum atomic E-state index is 13.5. The second-order valence-electron chi connectivity index (χ2n) is 5.73. The SMILES string of the molecule is CC(C(=O)NCc1ccccn1)N1C(=O)CSC1c1cccc(F)c1. The molecule has 0 radical (unpaired) electrons. The summed E-state index contributed by atoms with van der Waals surface area (Å²) in [6.45, 7) is 1.98. The van der Waals surface area contributed by atoms with Gasteiger partial charge in [-0.1, -0.05) is 18.2 Å². The van der Waals surface area contributed by atoms with Gasteiger partial charge in [-0.2, -0.15) is 0 Å². The molecule has 2 amide bonds. The van der Waals surface area contributed by atoms with Crippen LogP contribution in [0.3, 0.4) is 0 Å². The molecule has 2 atom stereocenters. The zero-order valence-electron chi connectivity index (χ0n) is 13.7. The number of rotatable bonds is 5. The third kappa shape index (κ3) is 3.99. The van der Waals surface area contributed by atoms with Gasteiger partial charge >= 0.3 is 0 Å². The summed E-state index contributed by atoms with van der Waals surface area (Å²) in [6.07, 6.45) is 1.66. The Morgan fingerprint density at radius 3 is 2.96 bits per heavy atom. The molecule has 1 aromatic heterocycles. The molecule has 2 unspecified atom stereocenters. The van der Waals surface area contributed by atoms with E-state index in [0.717, 1.165) is 5.69 Å². The number of hydrogen-bond acceptors (Lipinski definition) is 4. The minimum absolute atomic E-state index is 0.125. The molecule has 1 fully saturated rings. The molecule has 0 saturated carbocycles. The van der Waals surface area contributed by atoms with E-state index in [0.29, 0.717) is 12.1 Å². The van der Waals surface area contributed by atoms with Gasteiger partial charge < -0.3 is 10.2 Å². The molecular weight excluding hydrogens is 341 g/mol. The van der Waals surface area contributed by atoms with Crippen LogP contribution >= 0.6 is 11.8 Å². The lowest BCUT2D eigenvalue weighted by Gasteiger charge is -2.29. The van der Waals surface area contributed by atoms with Gasteiger partial charge in [0, 0.05) is 6.20 Å². The second-order valence-corrected chi connectivity index (χ2v) is 6.80. The van der Waals surface area contributed by atoms with E-state index in [1.54, 1.807) is 31.3 Å². The topological polar surface area (TPSA) is 62.3 Å². The van der Waals surface area contributed by atoms with Gasteiger partial charge in [0.2, 0.25) is 11.8 Å². The first-order valence-electron chi connectivity index (χ1n) is 7.92. The molecular formula is C18H18FN3O2S. The number of aromatic nitrogens is 1. The molecule has 5 nitrogen and oxygen atoms in total. The monoisotopic (exact) mass is 359 g/mol. The molecule has 1 aromatic carbocycles. The molecule has 0 spiro atoms. The molecule has 0 aliphatic carbocycles. The molecule has 7 heteroatoms. The zero-order chi connectivity index (χ0) is 17.8. The maximum absolute atomic E-state index is 13.5. The number of nitrogens with zero attached hydrogens (tertiary/aromatic N) is 2. The van der Waals surface area contributed by atoms with Crippen molar-refractivity contribution in [2.24, 2.45) is 0 Å². The molecule has 130 valence electrons. The van der Waals surface area contributed by atoms with Gasteiger partial charge in [0.05, 0.1) is 18.0 Å². The van der Waals surface area contributed by atoms with Crippen molar-refractivity contribution < 1.29 is 14.0 Å². The van der Waals surface area contributed by atoms with Crippen molar-refractivity contribution in [1.29, 1.82) is 0 Å². The highest BCUT2D eigenvalue weighted by Gasteiger charge is 2.38. The number of pyridine rings is 1. The van der Waals surface area contributed by atoms with Gasteiger partial charge in [0.1, 0.15) is 17.2 Å². The fourth-order valence-electron chi connectivity index (χ4n) is 2.73. The van der Waals surface area contributed by atoms with E-state index >= 15 is 0 Å².